The molecule has 0 unspecified atom stereocenters. The van der Waals surface area contributed by atoms with Gasteiger partial charge in [0.25, 0.3) is 5.91 Å². The van der Waals surface area contributed by atoms with Crippen LogP contribution in [-0.2, 0) is 16.6 Å². The molecule has 1 aliphatic rings. The van der Waals surface area contributed by atoms with E-state index in [0.29, 0.717) is 36.5 Å². The molecule has 24 heavy (non-hydrogen) atoms. The first-order valence-corrected chi connectivity index (χ1v) is 8.47. The van der Waals surface area contributed by atoms with Crippen molar-refractivity contribution in [3.8, 4) is 0 Å². The highest BCUT2D eigenvalue weighted by atomic mass is 35.5. The van der Waals surface area contributed by atoms with E-state index < -0.39 is 0 Å². The molecular weight excluding hydrogens is 350 g/mol. The number of aromatic nitrogens is 2. The quantitative estimate of drug-likeness (QED) is 0.479. The van der Waals surface area contributed by atoms with Crippen molar-refractivity contribution in [2.75, 3.05) is 33.4 Å². The Morgan fingerprint density at radius 2 is 2.17 bits per heavy atom. The predicted octanol–water partition coefficient (Wildman–Crippen LogP) is 1.37. The SMILES string of the molecule is COCCNC(=S)N1CCCN1C(=O)C=Cc1c(C)nn(C)c1Cl. The highest BCUT2D eigenvalue weighted by Gasteiger charge is 2.27. The molecule has 9 heteroatoms. The Labute approximate surface area is 152 Å². The van der Waals surface area contributed by atoms with Gasteiger partial charge in [0.15, 0.2) is 5.11 Å². The number of halogens is 1. The maximum absolute atomic E-state index is 12.5. The number of rotatable bonds is 5. The zero-order valence-corrected chi connectivity index (χ0v) is 15.7. The lowest BCUT2D eigenvalue weighted by Crippen LogP contribution is -2.49. The van der Waals surface area contributed by atoms with E-state index in [4.69, 9.17) is 28.6 Å². The number of nitrogens with one attached hydrogen (secondary N) is 1. The Morgan fingerprint density at radius 1 is 1.46 bits per heavy atom. The van der Waals surface area contributed by atoms with Crippen LogP contribution in [0.1, 0.15) is 17.7 Å². The van der Waals surface area contributed by atoms with Crippen molar-refractivity contribution in [1.82, 2.24) is 25.1 Å². The number of methoxy groups -OCH3 is 1. The smallest absolute Gasteiger partial charge is 0.265 e. The standard InChI is InChI=1S/C15H22ClN5O2S/c1-11-12(14(16)19(2)18-11)5-6-13(22)20-8-4-9-21(20)15(24)17-7-10-23-3/h5-6H,4,7-10H2,1-3H3,(H,17,24). The lowest BCUT2D eigenvalue weighted by Gasteiger charge is -2.29. The van der Waals surface area contributed by atoms with Gasteiger partial charge in [0.1, 0.15) is 5.15 Å². The van der Waals surface area contributed by atoms with Crippen LogP contribution in [0.5, 0.6) is 0 Å². The minimum absolute atomic E-state index is 0.136. The second-order valence-electron chi connectivity index (χ2n) is 5.41. The number of hydrazine groups is 1. The first kappa shape index (κ1) is 18.7. The van der Waals surface area contributed by atoms with Gasteiger partial charge in [-0.2, -0.15) is 5.10 Å². The highest BCUT2D eigenvalue weighted by molar-refractivity contribution is 7.80. The molecule has 1 aliphatic heterocycles. The van der Waals surface area contributed by atoms with Crippen LogP contribution >= 0.6 is 23.8 Å². The number of hydrogen-bond acceptors (Lipinski definition) is 4. The fourth-order valence-electron chi connectivity index (χ4n) is 2.48. The van der Waals surface area contributed by atoms with Crippen LogP contribution in [-0.4, -0.2) is 64.2 Å². The summed E-state index contributed by atoms with van der Waals surface area (Å²) in [5, 5.41) is 11.8. The fraction of sp³-hybridized carbons (Fsp3) is 0.533. The minimum atomic E-state index is -0.136. The van der Waals surface area contributed by atoms with Gasteiger partial charge >= 0.3 is 0 Å². The fourth-order valence-corrected chi connectivity index (χ4v) is 3.01. The third kappa shape index (κ3) is 4.25. The average Bonchev–Trinajstić information content (AvgIpc) is 3.12. The summed E-state index contributed by atoms with van der Waals surface area (Å²) in [5.41, 5.74) is 1.53. The molecule has 132 valence electrons. The van der Waals surface area contributed by atoms with E-state index in [9.17, 15) is 4.79 Å². The van der Waals surface area contributed by atoms with Crippen molar-refractivity contribution in [3.63, 3.8) is 0 Å². The Kier molecular flexibility index (Phi) is 6.59. The largest absolute Gasteiger partial charge is 0.383 e. The molecule has 0 saturated carbocycles. The van der Waals surface area contributed by atoms with E-state index in [1.165, 1.54) is 6.08 Å². The van der Waals surface area contributed by atoms with Gasteiger partial charge in [-0.3, -0.25) is 14.5 Å². The lowest BCUT2D eigenvalue weighted by molar-refractivity contribution is -0.133. The van der Waals surface area contributed by atoms with E-state index in [0.717, 1.165) is 17.7 Å². The predicted molar refractivity (Wildman–Crippen MR) is 97.5 cm³/mol. The molecule has 1 fully saturated rings. The maximum atomic E-state index is 12.5. The minimum Gasteiger partial charge on any atom is -0.383 e. The Balaban J connectivity index is 2.02. The summed E-state index contributed by atoms with van der Waals surface area (Å²) in [6.45, 7) is 4.36. The first-order valence-electron chi connectivity index (χ1n) is 7.68. The molecule has 7 nitrogen and oxygen atoms in total. The van der Waals surface area contributed by atoms with Gasteiger partial charge in [-0.25, -0.2) is 5.01 Å². The van der Waals surface area contributed by atoms with Crippen LogP contribution < -0.4 is 5.32 Å². The maximum Gasteiger partial charge on any atom is 0.265 e. The average molecular weight is 372 g/mol. The number of aryl methyl sites for hydroxylation is 2. The molecule has 1 saturated heterocycles. The van der Waals surface area contributed by atoms with Crippen LogP contribution in [0, 0.1) is 6.92 Å². The Bertz CT molecular complexity index is 646. The number of thiocarbonyl (C=S) groups is 1. The molecule has 1 amide bonds. The van der Waals surface area contributed by atoms with E-state index in [2.05, 4.69) is 10.4 Å². The van der Waals surface area contributed by atoms with Crippen molar-refractivity contribution in [2.24, 2.45) is 7.05 Å². The molecule has 0 bridgehead atoms. The number of amides is 1. The van der Waals surface area contributed by atoms with Gasteiger partial charge in [0.05, 0.1) is 12.3 Å². The molecule has 2 heterocycles. The van der Waals surface area contributed by atoms with Crippen molar-refractivity contribution in [1.29, 1.82) is 0 Å². The van der Waals surface area contributed by atoms with Crippen LogP contribution in [0.2, 0.25) is 5.15 Å². The molecule has 1 aromatic rings. The summed E-state index contributed by atoms with van der Waals surface area (Å²) < 4.78 is 6.57. The van der Waals surface area contributed by atoms with Crippen molar-refractivity contribution >= 4 is 40.9 Å². The third-order valence-electron chi connectivity index (χ3n) is 3.69. The van der Waals surface area contributed by atoms with Crippen LogP contribution in [0.3, 0.4) is 0 Å². The Morgan fingerprint density at radius 3 is 2.79 bits per heavy atom. The topological polar surface area (TPSA) is 62.6 Å². The summed E-state index contributed by atoms with van der Waals surface area (Å²) >= 11 is 11.5. The van der Waals surface area contributed by atoms with Crippen molar-refractivity contribution in [2.45, 2.75) is 13.3 Å². The molecule has 0 aromatic carbocycles. The van der Waals surface area contributed by atoms with Crippen LogP contribution in [0.25, 0.3) is 6.08 Å². The van der Waals surface area contributed by atoms with Gasteiger partial charge in [-0.15, -0.1) is 0 Å². The molecule has 0 aliphatic carbocycles. The second-order valence-corrected chi connectivity index (χ2v) is 6.15. The summed E-state index contributed by atoms with van der Waals surface area (Å²) in [6, 6.07) is 0. The summed E-state index contributed by atoms with van der Waals surface area (Å²) in [4.78, 5) is 12.5. The van der Waals surface area contributed by atoms with Crippen LogP contribution in [0.15, 0.2) is 6.08 Å². The van der Waals surface area contributed by atoms with Crippen LogP contribution in [0.4, 0.5) is 0 Å². The zero-order chi connectivity index (χ0) is 17.7. The molecular formula is C15H22ClN5O2S. The molecule has 2 rings (SSSR count). The zero-order valence-electron chi connectivity index (χ0n) is 14.1. The van der Waals surface area contributed by atoms with Crippen molar-refractivity contribution < 1.29 is 9.53 Å². The summed E-state index contributed by atoms with van der Waals surface area (Å²) in [6.07, 6.45) is 4.08. The monoisotopic (exact) mass is 371 g/mol. The normalized spacial score (nSPS) is 14.7. The number of carbonyl (C=O) groups is 1. The second kappa shape index (κ2) is 8.46. The molecule has 1 N–H and O–H groups in total. The van der Waals surface area contributed by atoms with Gasteiger partial charge in [-0.05, 0) is 31.6 Å². The Hall–Kier alpha value is -1.64. The number of carbonyl (C=O) groups excluding carboxylic acids is 1. The number of hydrogen-bond donors (Lipinski definition) is 1. The van der Waals surface area contributed by atoms with Gasteiger partial charge < -0.3 is 10.1 Å². The highest BCUT2D eigenvalue weighted by Crippen LogP contribution is 2.20. The molecule has 1 aromatic heterocycles. The summed E-state index contributed by atoms with van der Waals surface area (Å²) in [7, 11) is 3.40. The van der Waals surface area contributed by atoms with E-state index in [-0.39, 0.29) is 5.91 Å². The first-order chi connectivity index (χ1) is 11.5. The lowest BCUT2D eigenvalue weighted by atomic mass is 10.2. The van der Waals surface area contributed by atoms with E-state index >= 15 is 0 Å². The molecule has 0 spiro atoms. The van der Waals surface area contributed by atoms with Gasteiger partial charge in [-0.1, -0.05) is 11.6 Å². The van der Waals surface area contributed by atoms with E-state index in [1.54, 1.807) is 34.9 Å². The van der Waals surface area contributed by atoms with E-state index in [1.807, 2.05) is 6.92 Å². The van der Waals surface area contributed by atoms with Gasteiger partial charge in [0.2, 0.25) is 0 Å². The number of nitrogens with zero attached hydrogens (tertiary/aromatic N) is 4. The number of ether oxygens (including phenoxy) is 1. The van der Waals surface area contributed by atoms with Gasteiger partial charge in [0, 0.05) is 45.4 Å². The third-order valence-corrected chi connectivity index (χ3v) is 4.49. The molecule has 0 atom stereocenters. The van der Waals surface area contributed by atoms with Crippen molar-refractivity contribution in [3.05, 3.63) is 22.5 Å². The summed E-state index contributed by atoms with van der Waals surface area (Å²) in [5.74, 6) is -0.136. The molecule has 0 radical (unpaired) electrons.